The van der Waals surface area contributed by atoms with Gasteiger partial charge in [0.1, 0.15) is 0 Å². The number of benzene rings is 2. The molecule has 0 spiro atoms. The molecule has 1 aliphatic carbocycles. The molecule has 194 valence electrons. The number of carbonyl (C=O) groups is 1. The first-order valence-corrected chi connectivity index (χ1v) is 14.4. The largest absolute Gasteiger partial charge is 0.481 e. The molecule has 36 heavy (non-hydrogen) atoms. The number of aliphatic carboxylic acids is 1. The molecule has 6 heteroatoms. The predicted molar refractivity (Wildman–Crippen MR) is 146 cm³/mol. The van der Waals surface area contributed by atoms with Gasteiger partial charge in [-0.1, -0.05) is 66.7 Å². The summed E-state index contributed by atoms with van der Waals surface area (Å²) in [5.74, 6) is 1.71. The van der Waals surface area contributed by atoms with Crippen LogP contribution in [0.25, 0.3) is 0 Å². The van der Waals surface area contributed by atoms with Crippen molar-refractivity contribution in [2.45, 2.75) is 63.4 Å². The quantitative estimate of drug-likeness (QED) is 0.304. The summed E-state index contributed by atoms with van der Waals surface area (Å²) in [7, 11) is 0. The van der Waals surface area contributed by atoms with Gasteiger partial charge in [-0.2, -0.15) is 11.8 Å². The van der Waals surface area contributed by atoms with E-state index in [1.165, 1.54) is 11.1 Å². The van der Waals surface area contributed by atoms with Gasteiger partial charge in [-0.3, -0.25) is 9.69 Å². The second-order valence-electron chi connectivity index (χ2n) is 9.93. The van der Waals surface area contributed by atoms with Crippen LogP contribution in [0.5, 0.6) is 0 Å². The molecule has 2 N–H and O–H groups in total. The standard InChI is InChI=1S/C30H39NO4S/c32-27-21-28(35-22-25-14-12-24(13-15-25)20-23-8-4-3-5-9-23)26(10-6-1-2-7-11-29(33)34)30(27)31-16-18-36-19-17-31/h1,3-6,8-9,12-15,26-28,30,32H,2,7,10-11,16-22H2,(H,33,34)/t26-,27+,28-,30+/m0/s1. The van der Waals surface area contributed by atoms with E-state index in [1.54, 1.807) is 0 Å². The molecule has 2 aromatic carbocycles. The summed E-state index contributed by atoms with van der Waals surface area (Å²) in [6, 6.07) is 19.3. The Labute approximate surface area is 219 Å². The molecular weight excluding hydrogens is 470 g/mol. The normalized spacial score (nSPS) is 24.9. The fourth-order valence-electron chi connectivity index (χ4n) is 5.46. The van der Waals surface area contributed by atoms with Crippen LogP contribution in [0, 0.1) is 5.92 Å². The second-order valence-corrected chi connectivity index (χ2v) is 11.2. The van der Waals surface area contributed by atoms with Crippen molar-refractivity contribution in [2.75, 3.05) is 24.6 Å². The van der Waals surface area contributed by atoms with Crippen LogP contribution in [-0.2, 0) is 22.6 Å². The molecule has 0 unspecified atom stereocenters. The Morgan fingerprint density at radius 2 is 1.69 bits per heavy atom. The summed E-state index contributed by atoms with van der Waals surface area (Å²) in [6.07, 6.45) is 7.97. The summed E-state index contributed by atoms with van der Waals surface area (Å²) in [5, 5.41) is 19.9. The Balaban J connectivity index is 1.35. The number of allylic oxidation sites excluding steroid dienone is 2. The first kappa shape index (κ1) is 26.9. The average molecular weight is 510 g/mol. The van der Waals surface area contributed by atoms with Crippen molar-refractivity contribution in [3.63, 3.8) is 0 Å². The number of aliphatic hydroxyl groups excluding tert-OH is 1. The molecule has 2 aliphatic rings. The van der Waals surface area contributed by atoms with Gasteiger partial charge in [0, 0.05) is 49.4 Å². The molecule has 0 amide bonds. The number of nitrogens with zero attached hydrogens (tertiary/aromatic N) is 1. The molecule has 1 saturated carbocycles. The lowest BCUT2D eigenvalue weighted by Crippen LogP contribution is -2.48. The lowest BCUT2D eigenvalue weighted by molar-refractivity contribution is -0.137. The third kappa shape index (κ3) is 7.94. The van der Waals surface area contributed by atoms with Gasteiger partial charge in [0.15, 0.2) is 0 Å². The third-order valence-corrected chi connectivity index (χ3v) is 8.27. The maximum atomic E-state index is 11.0. The minimum atomic E-state index is -0.744. The van der Waals surface area contributed by atoms with Crippen LogP contribution in [-0.4, -0.2) is 63.9 Å². The van der Waals surface area contributed by atoms with Gasteiger partial charge >= 0.3 is 5.97 Å². The molecule has 0 radical (unpaired) electrons. The van der Waals surface area contributed by atoms with Crippen LogP contribution in [0.3, 0.4) is 0 Å². The molecule has 4 rings (SSSR count). The number of hydrogen-bond donors (Lipinski definition) is 2. The molecule has 1 saturated heterocycles. The van der Waals surface area contributed by atoms with E-state index in [2.05, 4.69) is 65.6 Å². The van der Waals surface area contributed by atoms with E-state index < -0.39 is 5.97 Å². The molecule has 0 aromatic heterocycles. The van der Waals surface area contributed by atoms with Crippen molar-refractivity contribution in [1.29, 1.82) is 0 Å². The van der Waals surface area contributed by atoms with Crippen molar-refractivity contribution < 1.29 is 19.7 Å². The summed E-state index contributed by atoms with van der Waals surface area (Å²) in [5.41, 5.74) is 3.75. The monoisotopic (exact) mass is 509 g/mol. The zero-order chi connectivity index (χ0) is 25.2. The Bertz CT molecular complexity index is 959. The van der Waals surface area contributed by atoms with E-state index >= 15 is 0 Å². The first-order chi connectivity index (χ1) is 17.6. The van der Waals surface area contributed by atoms with Crippen LogP contribution in [0.4, 0.5) is 0 Å². The molecule has 2 fully saturated rings. The van der Waals surface area contributed by atoms with Gasteiger partial charge in [0.25, 0.3) is 0 Å². The number of hydrogen-bond acceptors (Lipinski definition) is 5. The van der Waals surface area contributed by atoms with Crippen molar-refractivity contribution in [2.24, 2.45) is 5.92 Å². The van der Waals surface area contributed by atoms with Crippen LogP contribution in [0.2, 0.25) is 0 Å². The highest BCUT2D eigenvalue weighted by Gasteiger charge is 2.45. The fraction of sp³-hybridized carbons (Fsp3) is 0.500. The summed E-state index contributed by atoms with van der Waals surface area (Å²) < 4.78 is 6.46. The number of ether oxygens (including phenoxy) is 1. The maximum Gasteiger partial charge on any atom is 0.303 e. The van der Waals surface area contributed by atoms with E-state index in [4.69, 9.17) is 9.84 Å². The highest BCUT2D eigenvalue weighted by molar-refractivity contribution is 7.99. The van der Waals surface area contributed by atoms with E-state index in [1.807, 2.05) is 17.8 Å². The zero-order valence-corrected chi connectivity index (χ0v) is 21.8. The van der Waals surface area contributed by atoms with Crippen molar-refractivity contribution in [3.05, 3.63) is 83.4 Å². The third-order valence-electron chi connectivity index (χ3n) is 7.33. The SMILES string of the molecule is O=C(O)CCCC=CC[C@@H]1[C@@H](N2CCSCC2)[C@H](O)C[C@@H]1OCc1ccc(Cc2ccccc2)cc1. The maximum absolute atomic E-state index is 11.0. The second kappa shape index (κ2) is 14.0. The van der Waals surface area contributed by atoms with Gasteiger partial charge < -0.3 is 14.9 Å². The Hall–Kier alpha value is -2.12. The van der Waals surface area contributed by atoms with Gasteiger partial charge in [-0.05, 0) is 42.4 Å². The van der Waals surface area contributed by atoms with Crippen LogP contribution >= 0.6 is 11.8 Å². The number of unbranched alkanes of at least 4 members (excludes halogenated alkanes) is 1. The van der Waals surface area contributed by atoms with Crippen LogP contribution < -0.4 is 0 Å². The zero-order valence-electron chi connectivity index (χ0n) is 21.0. The van der Waals surface area contributed by atoms with Crippen LogP contribution in [0.15, 0.2) is 66.7 Å². The Morgan fingerprint density at radius 1 is 1.00 bits per heavy atom. The molecular formula is C30H39NO4S. The number of carboxylic acid groups (broad SMARTS) is 1. The van der Waals surface area contributed by atoms with Crippen molar-refractivity contribution >= 4 is 17.7 Å². The molecule has 1 aliphatic heterocycles. The first-order valence-electron chi connectivity index (χ1n) is 13.2. The predicted octanol–water partition coefficient (Wildman–Crippen LogP) is 5.16. The van der Waals surface area contributed by atoms with Crippen LogP contribution in [0.1, 0.15) is 48.8 Å². The minimum absolute atomic E-state index is 0.00671. The highest BCUT2D eigenvalue weighted by Crippen LogP contribution is 2.37. The number of carboxylic acids is 1. The topological polar surface area (TPSA) is 70.0 Å². The van der Waals surface area contributed by atoms with Gasteiger partial charge in [0.05, 0.1) is 18.8 Å². The smallest absolute Gasteiger partial charge is 0.303 e. The lowest BCUT2D eigenvalue weighted by Gasteiger charge is -2.37. The minimum Gasteiger partial charge on any atom is -0.481 e. The van der Waals surface area contributed by atoms with E-state index in [9.17, 15) is 9.90 Å². The summed E-state index contributed by atoms with van der Waals surface area (Å²) >= 11 is 1.98. The van der Waals surface area contributed by atoms with Gasteiger partial charge in [0.2, 0.25) is 0 Å². The fourth-order valence-corrected chi connectivity index (χ4v) is 6.39. The van der Waals surface area contributed by atoms with E-state index in [-0.39, 0.29) is 30.6 Å². The number of thioether (sulfide) groups is 1. The summed E-state index contributed by atoms with van der Waals surface area (Å²) in [6.45, 7) is 2.58. The van der Waals surface area contributed by atoms with E-state index in [0.717, 1.165) is 49.4 Å². The van der Waals surface area contributed by atoms with Gasteiger partial charge in [-0.15, -0.1) is 0 Å². The number of aliphatic hydroxyl groups is 1. The molecule has 2 aromatic rings. The van der Waals surface area contributed by atoms with Crippen molar-refractivity contribution in [3.8, 4) is 0 Å². The molecule has 5 nitrogen and oxygen atoms in total. The average Bonchev–Trinajstić information content (AvgIpc) is 3.21. The molecule has 4 atom stereocenters. The molecule has 0 bridgehead atoms. The highest BCUT2D eigenvalue weighted by atomic mass is 32.2. The van der Waals surface area contributed by atoms with E-state index in [0.29, 0.717) is 19.4 Å². The molecule has 1 heterocycles. The van der Waals surface area contributed by atoms with Gasteiger partial charge in [-0.25, -0.2) is 0 Å². The summed E-state index contributed by atoms with van der Waals surface area (Å²) in [4.78, 5) is 13.2. The van der Waals surface area contributed by atoms with Crippen molar-refractivity contribution in [1.82, 2.24) is 4.90 Å². The number of rotatable bonds is 12. The Kier molecular flexibility index (Phi) is 10.5. The Morgan fingerprint density at radius 3 is 2.42 bits per heavy atom. The lowest BCUT2D eigenvalue weighted by atomic mass is 9.95.